The van der Waals surface area contributed by atoms with E-state index in [0.29, 0.717) is 0 Å². The first-order valence-corrected chi connectivity index (χ1v) is 6.29. The Kier molecular flexibility index (Phi) is 6.73. The van der Waals surface area contributed by atoms with Gasteiger partial charge in [0.25, 0.3) is 0 Å². The highest BCUT2D eigenvalue weighted by molar-refractivity contribution is 5.82. The molecule has 7 nitrogen and oxygen atoms in total. The first-order chi connectivity index (χ1) is 10.0. The second-order valence-corrected chi connectivity index (χ2v) is 4.21. The molecule has 0 radical (unpaired) electrons. The van der Waals surface area contributed by atoms with E-state index in [4.69, 9.17) is 9.84 Å². The summed E-state index contributed by atoms with van der Waals surface area (Å²) in [5.74, 6) is -1.77. The van der Waals surface area contributed by atoms with Gasteiger partial charge in [0.1, 0.15) is 12.6 Å². The van der Waals surface area contributed by atoms with Gasteiger partial charge in [-0.25, -0.2) is 9.59 Å². The quantitative estimate of drug-likeness (QED) is 0.735. The number of ether oxygens (including phenoxy) is 2. The molecule has 0 spiro atoms. The Labute approximate surface area is 121 Å². The predicted octanol–water partition coefficient (Wildman–Crippen LogP) is 1.32. The normalized spacial score (nSPS) is 11.3. The van der Waals surface area contributed by atoms with Gasteiger partial charge < -0.3 is 19.9 Å². The minimum atomic E-state index is -1.07. The van der Waals surface area contributed by atoms with Gasteiger partial charge in [0.05, 0.1) is 7.11 Å². The highest BCUT2D eigenvalue weighted by Gasteiger charge is 2.23. The van der Waals surface area contributed by atoms with Crippen LogP contribution in [0.5, 0.6) is 0 Å². The van der Waals surface area contributed by atoms with E-state index in [2.05, 4.69) is 10.1 Å². The second kappa shape index (κ2) is 8.57. The Hall–Kier alpha value is -2.57. The van der Waals surface area contributed by atoms with Gasteiger partial charge in [-0.3, -0.25) is 4.79 Å². The summed E-state index contributed by atoms with van der Waals surface area (Å²) in [5.41, 5.74) is 0.793. The van der Waals surface area contributed by atoms with E-state index in [-0.39, 0.29) is 19.4 Å². The summed E-state index contributed by atoms with van der Waals surface area (Å²) < 4.78 is 9.46. The Morgan fingerprint density at radius 1 is 1.24 bits per heavy atom. The van der Waals surface area contributed by atoms with Crippen LogP contribution < -0.4 is 5.32 Å². The molecule has 0 aliphatic rings. The molecule has 0 fully saturated rings. The molecular formula is C14H17NO6. The standard InChI is InChI=1S/C14H17NO6/c1-20-14(19)15-11(7-8-12(16)17)13(18)21-9-10-5-3-2-4-6-10/h2-6,11H,7-9H2,1H3,(H,15,19)(H,16,17). The number of hydrogen-bond acceptors (Lipinski definition) is 5. The van der Waals surface area contributed by atoms with Gasteiger partial charge in [0, 0.05) is 6.42 Å². The molecule has 0 aromatic heterocycles. The smallest absolute Gasteiger partial charge is 0.407 e. The number of benzene rings is 1. The molecule has 1 rings (SSSR count). The first kappa shape index (κ1) is 16.5. The number of rotatable bonds is 7. The van der Waals surface area contributed by atoms with E-state index in [1.54, 1.807) is 24.3 Å². The highest BCUT2D eigenvalue weighted by atomic mass is 16.5. The summed E-state index contributed by atoms with van der Waals surface area (Å²) in [6.45, 7) is 0.0477. The van der Waals surface area contributed by atoms with Crippen LogP contribution in [0.4, 0.5) is 4.79 Å². The number of hydrogen-bond donors (Lipinski definition) is 2. The van der Waals surface area contributed by atoms with Crippen molar-refractivity contribution in [2.75, 3.05) is 7.11 Å². The summed E-state index contributed by atoms with van der Waals surface area (Å²) in [4.78, 5) is 33.6. The minimum absolute atomic E-state index is 0.0477. The van der Waals surface area contributed by atoms with Crippen LogP contribution in [0.1, 0.15) is 18.4 Å². The molecule has 7 heteroatoms. The van der Waals surface area contributed by atoms with Gasteiger partial charge in [-0.1, -0.05) is 30.3 Å². The average Bonchev–Trinajstić information content (AvgIpc) is 2.49. The summed E-state index contributed by atoms with van der Waals surface area (Å²) in [7, 11) is 1.15. The SMILES string of the molecule is COC(=O)NC(CCC(=O)O)C(=O)OCc1ccccc1. The number of aliphatic carboxylic acids is 1. The number of esters is 1. The van der Waals surface area contributed by atoms with E-state index in [0.717, 1.165) is 12.7 Å². The first-order valence-electron chi connectivity index (χ1n) is 6.29. The molecule has 0 heterocycles. The van der Waals surface area contributed by atoms with Crippen LogP contribution in [0.3, 0.4) is 0 Å². The molecule has 0 aliphatic heterocycles. The van der Waals surface area contributed by atoms with Gasteiger partial charge in [-0.15, -0.1) is 0 Å². The molecule has 2 N–H and O–H groups in total. The Morgan fingerprint density at radius 3 is 2.48 bits per heavy atom. The van der Waals surface area contributed by atoms with Crippen LogP contribution >= 0.6 is 0 Å². The van der Waals surface area contributed by atoms with E-state index < -0.39 is 24.1 Å². The molecule has 0 bridgehead atoms. The molecule has 1 aromatic rings. The maximum Gasteiger partial charge on any atom is 0.407 e. The largest absolute Gasteiger partial charge is 0.481 e. The molecule has 0 aliphatic carbocycles. The number of carboxylic acid groups (broad SMARTS) is 1. The van der Waals surface area contributed by atoms with Gasteiger partial charge in [-0.05, 0) is 12.0 Å². The fourth-order valence-electron chi connectivity index (χ4n) is 1.55. The maximum atomic E-state index is 11.9. The zero-order valence-electron chi connectivity index (χ0n) is 11.6. The van der Waals surface area contributed by atoms with Gasteiger partial charge >= 0.3 is 18.0 Å². The Morgan fingerprint density at radius 2 is 1.90 bits per heavy atom. The van der Waals surface area contributed by atoms with E-state index in [1.807, 2.05) is 6.07 Å². The topological polar surface area (TPSA) is 102 Å². The van der Waals surface area contributed by atoms with Crippen LogP contribution in [0.15, 0.2) is 30.3 Å². The molecule has 1 amide bonds. The lowest BCUT2D eigenvalue weighted by Crippen LogP contribution is -2.42. The van der Waals surface area contributed by atoms with E-state index in [1.165, 1.54) is 0 Å². The van der Waals surface area contributed by atoms with Crippen molar-refractivity contribution in [3.63, 3.8) is 0 Å². The van der Waals surface area contributed by atoms with Crippen LogP contribution in [-0.2, 0) is 25.7 Å². The average molecular weight is 295 g/mol. The van der Waals surface area contributed by atoms with Crippen LogP contribution in [0.25, 0.3) is 0 Å². The summed E-state index contributed by atoms with van der Waals surface area (Å²) in [6, 6.07) is 7.95. The third-order valence-corrected chi connectivity index (χ3v) is 2.63. The van der Waals surface area contributed by atoms with Gasteiger partial charge in [0.15, 0.2) is 0 Å². The van der Waals surface area contributed by atoms with Crippen molar-refractivity contribution in [1.29, 1.82) is 0 Å². The fraction of sp³-hybridized carbons (Fsp3) is 0.357. The zero-order chi connectivity index (χ0) is 15.7. The number of carbonyl (C=O) groups excluding carboxylic acids is 2. The van der Waals surface area contributed by atoms with Crippen molar-refractivity contribution in [2.24, 2.45) is 0 Å². The van der Waals surface area contributed by atoms with E-state index >= 15 is 0 Å². The number of alkyl carbamates (subject to hydrolysis) is 1. The zero-order valence-corrected chi connectivity index (χ0v) is 11.6. The molecule has 1 aromatic carbocycles. The van der Waals surface area contributed by atoms with Crippen molar-refractivity contribution in [3.8, 4) is 0 Å². The highest BCUT2D eigenvalue weighted by Crippen LogP contribution is 2.05. The Balaban J connectivity index is 2.56. The second-order valence-electron chi connectivity index (χ2n) is 4.21. The lowest BCUT2D eigenvalue weighted by molar-refractivity contribution is -0.147. The van der Waals surface area contributed by atoms with E-state index in [9.17, 15) is 14.4 Å². The molecule has 114 valence electrons. The summed E-state index contributed by atoms with van der Waals surface area (Å²) in [6.07, 6.45) is -1.16. The van der Waals surface area contributed by atoms with Crippen molar-refractivity contribution in [3.05, 3.63) is 35.9 Å². The molecule has 21 heavy (non-hydrogen) atoms. The maximum absolute atomic E-state index is 11.9. The lowest BCUT2D eigenvalue weighted by Gasteiger charge is -2.16. The number of nitrogens with one attached hydrogen (secondary N) is 1. The predicted molar refractivity (Wildman–Crippen MR) is 72.4 cm³/mol. The number of amides is 1. The van der Waals surface area contributed by atoms with Crippen molar-refractivity contribution in [2.45, 2.75) is 25.5 Å². The van der Waals surface area contributed by atoms with Crippen molar-refractivity contribution < 1.29 is 29.0 Å². The number of carboxylic acids is 1. The monoisotopic (exact) mass is 295 g/mol. The minimum Gasteiger partial charge on any atom is -0.481 e. The molecule has 1 atom stereocenters. The molecular weight excluding hydrogens is 278 g/mol. The van der Waals surface area contributed by atoms with Crippen LogP contribution in [-0.4, -0.2) is 36.3 Å². The third kappa shape index (κ3) is 6.42. The number of methoxy groups -OCH3 is 1. The van der Waals surface area contributed by atoms with Gasteiger partial charge in [-0.2, -0.15) is 0 Å². The fourth-order valence-corrected chi connectivity index (χ4v) is 1.55. The lowest BCUT2D eigenvalue weighted by atomic mass is 10.1. The van der Waals surface area contributed by atoms with Gasteiger partial charge in [0.2, 0.25) is 0 Å². The molecule has 1 unspecified atom stereocenters. The molecule has 0 saturated carbocycles. The van der Waals surface area contributed by atoms with Crippen LogP contribution in [0, 0.1) is 0 Å². The van der Waals surface area contributed by atoms with Crippen molar-refractivity contribution in [1.82, 2.24) is 5.32 Å². The Bertz CT molecular complexity index is 487. The third-order valence-electron chi connectivity index (χ3n) is 2.63. The summed E-state index contributed by atoms with van der Waals surface area (Å²) in [5, 5.41) is 10.9. The van der Waals surface area contributed by atoms with Crippen LogP contribution in [0.2, 0.25) is 0 Å². The molecule has 0 saturated heterocycles. The number of carbonyl (C=O) groups is 3. The van der Waals surface area contributed by atoms with Crippen molar-refractivity contribution >= 4 is 18.0 Å². The summed E-state index contributed by atoms with van der Waals surface area (Å²) >= 11 is 0.